The molecular formula is C15H18O. The molecule has 0 bridgehead atoms. The molecule has 84 valence electrons. The van der Waals surface area contributed by atoms with Crippen LogP contribution >= 0.6 is 0 Å². The molecule has 0 radical (unpaired) electrons. The largest absolute Gasteiger partial charge is 0.380 e. The molecule has 0 aliphatic carbocycles. The Balaban J connectivity index is 3.26. The molecule has 0 aromatic heterocycles. The van der Waals surface area contributed by atoms with E-state index in [1.807, 2.05) is 37.3 Å². The topological polar surface area (TPSA) is 20.2 Å². The summed E-state index contributed by atoms with van der Waals surface area (Å²) in [5, 5.41) is 10.7. The zero-order valence-electron chi connectivity index (χ0n) is 9.69. The molecule has 1 aromatic carbocycles. The Bertz CT molecular complexity index is 389. The maximum Gasteiger partial charge on any atom is 0.114 e. The van der Waals surface area contributed by atoms with Crippen molar-refractivity contribution in [1.82, 2.24) is 0 Å². The van der Waals surface area contributed by atoms with Gasteiger partial charge in [-0.2, -0.15) is 0 Å². The summed E-state index contributed by atoms with van der Waals surface area (Å²) in [5.41, 5.74) is 0.679. The van der Waals surface area contributed by atoms with E-state index < -0.39 is 5.60 Å². The zero-order chi connectivity index (χ0) is 12.0. The minimum absolute atomic E-state index is 0.600. The molecule has 1 rings (SSSR count). The molecule has 0 aliphatic rings. The van der Waals surface area contributed by atoms with Gasteiger partial charge in [0.1, 0.15) is 5.60 Å². The molecule has 0 saturated heterocycles. The quantitative estimate of drug-likeness (QED) is 0.743. The van der Waals surface area contributed by atoms with E-state index in [9.17, 15) is 5.11 Å². The highest BCUT2D eigenvalue weighted by molar-refractivity contribution is 5.39. The third-order valence-electron chi connectivity index (χ3n) is 2.76. The van der Waals surface area contributed by atoms with Crippen molar-refractivity contribution in [3.8, 4) is 0 Å². The summed E-state index contributed by atoms with van der Waals surface area (Å²) in [6.45, 7) is 9.35. The molecule has 1 N–H and O–H groups in total. The predicted octanol–water partition coefficient (Wildman–Crippen LogP) is 3.58. The highest BCUT2D eigenvalue weighted by atomic mass is 16.3. The fourth-order valence-corrected chi connectivity index (χ4v) is 1.79. The van der Waals surface area contributed by atoms with E-state index in [0.717, 1.165) is 11.1 Å². The normalized spacial score (nSPS) is 15.2. The van der Waals surface area contributed by atoms with Gasteiger partial charge in [-0.25, -0.2) is 0 Å². The summed E-state index contributed by atoms with van der Waals surface area (Å²) in [7, 11) is 0. The van der Waals surface area contributed by atoms with Crippen molar-refractivity contribution >= 4 is 0 Å². The van der Waals surface area contributed by atoms with Crippen LogP contribution in [-0.2, 0) is 5.60 Å². The van der Waals surface area contributed by atoms with Crippen molar-refractivity contribution in [1.29, 1.82) is 0 Å². The van der Waals surface area contributed by atoms with Crippen LogP contribution in [0.15, 0.2) is 67.3 Å². The maximum atomic E-state index is 10.7. The van der Waals surface area contributed by atoms with E-state index in [4.69, 9.17) is 0 Å². The number of benzene rings is 1. The molecule has 0 amide bonds. The summed E-state index contributed by atoms with van der Waals surface area (Å²) >= 11 is 0. The van der Waals surface area contributed by atoms with Crippen molar-refractivity contribution in [3.63, 3.8) is 0 Å². The Morgan fingerprint density at radius 3 is 2.38 bits per heavy atom. The van der Waals surface area contributed by atoms with Crippen molar-refractivity contribution in [3.05, 3.63) is 72.9 Å². The molecule has 1 heteroatoms. The molecule has 0 aliphatic heterocycles. The molecule has 1 unspecified atom stereocenters. The van der Waals surface area contributed by atoms with Crippen LogP contribution in [0.25, 0.3) is 0 Å². The van der Waals surface area contributed by atoms with Crippen molar-refractivity contribution in [2.24, 2.45) is 0 Å². The van der Waals surface area contributed by atoms with Crippen LogP contribution in [0.4, 0.5) is 0 Å². The molecule has 1 nitrogen and oxygen atoms in total. The monoisotopic (exact) mass is 214 g/mol. The summed E-state index contributed by atoms with van der Waals surface area (Å²) in [5.74, 6) is 0. The third-order valence-corrected chi connectivity index (χ3v) is 2.76. The van der Waals surface area contributed by atoms with E-state index in [1.54, 1.807) is 18.2 Å². The minimum Gasteiger partial charge on any atom is -0.380 e. The van der Waals surface area contributed by atoms with Gasteiger partial charge in [0.25, 0.3) is 0 Å². The first kappa shape index (κ1) is 12.5. The highest BCUT2D eigenvalue weighted by Crippen LogP contribution is 2.33. The average molecular weight is 214 g/mol. The number of allylic oxidation sites excluding steroid dienone is 2. The van der Waals surface area contributed by atoms with E-state index in [-0.39, 0.29) is 0 Å². The van der Waals surface area contributed by atoms with Gasteiger partial charge in [0.2, 0.25) is 0 Å². The summed E-state index contributed by atoms with van der Waals surface area (Å²) in [6.07, 6.45) is 5.74. The van der Waals surface area contributed by atoms with Gasteiger partial charge >= 0.3 is 0 Å². The van der Waals surface area contributed by atoms with Crippen LogP contribution in [0.1, 0.15) is 18.9 Å². The molecule has 0 heterocycles. The van der Waals surface area contributed by atoms with Crippen molar-refractivity contribution < 1.29 is 5.11 Å². The summed E-state index contributed by atoms with van der Waals surface area (Å²) in [4.78, 5) is 0. The van der Waals surface area contributed by atoms with E-state index in [1.165, 1.54) is 0 Å². The van der Waals surface area contributed by atoms with E-state index in [0.29, 0.717) is 6.42 Å². The van der Waals surface area contributed by atoms with Gasteiger partial charge in [0, 0.05) is 0 Å². The van der Waals surface area contributed by atoms with Crippen molar-refractivity contribution in [2.45, 2.75) is 18.9 Å². The van der Waals surface area contributed by atoms with Crippen LogP contribution in [0.3, 0.4) is 0 Å². The lowest BCUT2D eigenvalue weighted by molar-refractivity contribution is 0.0758. The Morgan fingerprint density at radius 1 is 1.31 bits per heavy atom. The Hall–Kier alpha value is -1.60. The molecule has 0 spiro atoms. The lowest BCUT2D eigenvalue weighted by Gasteiger charge is -2.28. The molecule has 1 atom stereocenters. The van der Waals surface area contributed by atoms with Gasteiger partial charge in [0.15, 0.2) is 0 Å². The highest BCUT2D eigenvalue weighted by Gasteiger charge is 2.29. The Kier molecular flexibility index (Phi) is 4.27. The number of aliphatic hydroxyl groups is 1. The van der Waals surface area contributed by atoms with Gasteiger partial charge in [-0.3, -0.25) is 0 Å². The number of hydrogen-bond acceptors (Lipinski definition) is 1. The average Bonchev–Trinajstić information content (AvgIpc) is 2.36. The maximum absolute atomic E-state index is 10.7. The summed E-state index contributed by atoms with van der Waals surface area (Å²) in [6, 6.07) is 9.62. The van der Waals surface area contributed by atoms with E-state index in [2.05, 4.69) is 13.2 Å². The lowest BCUT2D eigenvalue weighted by Crippen LogP contribution is -2.26. The van der Waals surface area contributed by atoms with Gasteiger partial charge in [-0.1, -0.05) is 68.6 Å². The molecular weight excluding hydrogens is 196 g/mol. The second-order valence-corrected chi connectivity index (χ2v) is 3.64. The fourth-order valence-electron chi connectivity index (χ4n) is 1.79. The zero-order valence-corrected chi connectivity index (χ0v) is 9.69. The smallest absolute Gasteiger partial charge is 0.114 e. The van der Waals surface area contributed by atoms with Crippen LogP contribution in [0, 0.1) is 0 Å². The summed E-state index contributed by atoms with van der Waals surface area (Å²) < 4.78 is 0. The SMILES string of the molecule is C=C/C=C(\C=C)C(O)(CC)c1ccccc1. The Labute approximate surface area is 97.4 Å². The Morgan fingerprint density at radius 2 is 1.94 bits per heavy atom. The van der Waals surface area contributed by atoms with E-state index >= 15 is 0 Å². The van der Waals surface area contributed by atoms with Crippen LogP contribution < -0.4 is 0 Å². The second-order valence-electron chi connectivity index (χ2n) is 3.64. The minimum atomic E-state index is -0.975. The number of rotatable bonds is 5. The van der Waals surface area contributed by atoms with Gasteiger partial charge < -0.3 is 5.11 Å². The van der Waals surface area contributed by atoms with Crippen molar-refractivity contribution in [2.75, 3.05) is 0 Å². The molecule has 0 fully saturated rings. The fraction of sp³-hybridized carbons (Fsp3) is 0.200. The first-order chi connectivity index (χ1) is 7.69. The van der Waals surface area contributed by atoms with Gasteiger partial charge in [-0.15, -0.1) is 0 Å². The van der Waals surface area contributed by atoms with Crippen LogP contribution in [-0.4, -0.2) is 5.11 Å². The number of hydrogen-bond donors (Lipinski definition) is 1. The first-order valence-electron chi connectivity index (χ1n) is 5.42. The predicted molar refractivity (Wildman–Crippen MR) is 69.1 cm³/mol. The third kappa shape index (κ3) is 2.31. The molecule has 1 aromatic rings. The molecule has 16 heavy (non-hydrogen) atoms. The van der Waals surface area contributed by atoms with Gasteiger partial charge in [0.05, 0.1) is 0 Å². The van der Waals surface area contributed by atoms with Crippen LogP contribution in [0.5, 0.6) is 0 Å². The van der Waals surface area contributed by atoms with Crippen LogP contribution in [0.2, 0.25) is 0 Å². The first-order valence-corrected chi connectivity index (χ1v) is 5.42. The second kappa shape index (κ2) is 5.47. The van der Waals surface area contributed by atoms with Gasteiger partial charge in [-0.05, 0) is 17.6 Å². The molecule has 0 saturated carbocycles. The lowest BCUT2D eigenvalue weighted by atomic mass is 9.83. The standard InChI is InChI=1S/C15H18O/c1-4-10-13(5-2)15(16,6-3)14-11-8-7-9-12-14/h4-5,7-12,16H,1-2,6H2,3H3/b13-10+.